The highest BCUT2D eigenvalue weighted by Gasteiger charge is 2.13. The van der Waals surface area contributed by atoms with E-state index in [1.165, 1.54) is 0 Å². The van der Waals surface area contributed by atoms with Crippen molar-refractivity contribution in [1.82, 2.24) is 5.32 Å². The second-order valence-electron chi connectivity index (χ2n) is 3.02. The van der Waals surface area contributed by atoms with Gasteiger partial charge in [0.25, 0.3) is 0 Å². The van der Waals surface area contributed by atoms with Gasteiger partial charge in [0.2, 0.25) is 5.91 Å². The first-order valence-electron chi connectivity index (χ1n) is 3.78. The highest BCUT2D eigenvalue weighted by Crippen LogP contribution is 2.01. The minimum Gasteiger partial charge on any atom is -0.351 e. The maximum Gasteiger partial charge on any atom is 0.318 e. The zero-order valence-electron chi connectivity index (χ0n) is 7.33. The largest absolute Gasteiger partial charge is 0.351 e. The molecule has 0 fully saturated rings. The van der Waals surface area contributed by atoms with Gasteiger partial charge in [0.15, 0.2) is 0 Å². The van der Waals surface area contributed by atoms with Crippen LogP contribution in [0.4, 0.5) is 4.79 Å². The number of amides is 3. The van der Waals surface area contributed by atoms with Crippen molar-refractivity contribution in [2.24, 2.45) is 17.4 Å². The smallest absolute Gasteiger partial charge is 0.318 e. The van der Waals surface area contributed by atoms with Crippen LogP contribution in [0.15, 0.2) is 0 Å². The summed E-state index contributed by atoms with van der Waals surface area (Å²) in [6, 6.07) is -1.07. The average Bonchev–Trinajstić information content (AvgIpc) is 1.84. The van der Waals surface area contributed by atoms with Gasteiger partial charge in [-0.05, 0) is 5.92 Å². The van der Waals surface area contributed by atoms with Gasteiger partial charge in [-0.15, -0.1) is 0 Å². The predicted molar refractivity (Wildman–Crippen MR) is 45.2 cm³/mol. The van der Waals surface area contributed by atoms with Gasteiger partial charge in [0.05, 0.1) is 0 Å². The first kappa shape index (κ1) is 10.9. The summed E-state index contributed by atoms with van der Waals surface area (Å²) in [6.45, 7) is 3.81. The quantitative estimate of drug-likeness (QED) is 0.539. The van der Waals surface area contributed by atoms with Gasteiger partial charge in [0.1, 0.15) is 0 Å². The van der Waals surface area contributed by atoms with Crippen molar-refractivity contribution in [2.75, 3.05) is 0 Å². The number of nitrogens with two attached hydrogens (primary N) is 2. The van der Waals surface area contributed by atoms with Crippen molar-refractivity contribution in [3.05, 3.63) is 0 Å². The molecule has 70 valence electrons. The van der Waals surface area contributed by atoms with Gasteiger partial charge in [-0.3, -0.25) is 10.1 Å². The summed E-state index contributed by atoms with van der Waals surface area (Å²) >= 11 is 0. The summed E-state index contributed by atoms with van der Waals surface area (Å²) in [7, 11) is 0. The third-order valence-electron chi connectivity index (χ3n) is 1.54. The van der Waals surface area contributed by atoms with Crippen molar-refractivity contribution < 1.29 is 9.59 Å². The van der Waals surface area contributed by atoms with E-state index in [1.54, 1.807) is 0 Å². The van der Waals surface area contributed by atoms with Gasteiger partial charge in [-0.1, -0.05) is 13.8 Å². The lowest BCUT2D eigenvalue weighted by molar-refractivity contribution is -0.120. The molecule has 0 saturated carbocycles. The van der Waals surface area contributed by atoms with Crippen LogP contribution in [0, 0.1) is 5.92 Å². The molecule has 0 aliphatic carbocycles. The molecule has 0 bridgehead atoms. The van der Waals surface area contributed by atoms with Gasteiger partial charge in [-0.2, -0.15) is 0 Å². The summed E-state index contributed by atoms with van der Waals surface area (Å²) in [5, 5.41) is 1.95. The zero-order valence-corrected chi connectivity index (χ0v) is 7.33. The van der Waals surface area contributed by atoms with E-state index in [-0.39, 0.29) is 18.4 Å². The maximum atomic E-state index is 10.9. The lowest BCUT2D eigenvalue weighted by Gasteiger charge is -2.13. The van der Waals surface area contributed by atoms with Crippen LogP contribution in [0.2, 0.25) is 0 Å². The van der Waals surface area contributed by atoms with E-state index in [1.807, 2.05) is 19.2 Å². The first-order valence-corrected chi connectivity index (χ1v) is 3.78. The number of nitrogens with one attached hydrogen (secondary N) is 1. The van der Waals surface area contributed by atoms with Crippen LogP contribution in [-0.4, -0.2) is 18.0 Å². The van der Waals surface area contributed by atoms with Gasteiger partial charge in [0, 0.05) is 12.5 Å². The molecular formula is C7H15N3O2. The SMILES string of the molecule is CC(C)C(N)CC(=O)NC(N)=O. The number of urea groups is 1. The third-order valence-corrected chi connectivity index (χ3v) is 1.54. The van der Waals surface area contributed by atoms with Gasteiger partial charge < -0.3 is 11.5 Å². The number of hydrogen-bond acceptors (Lipinski definition) is 3. The monoisotopic (exact) mass is 173 g/mol. The minimum atomic E-state index is -0.837. The van der Waals surface area contributed by atoms with Gasteiger partial charge >= 0.3 is 6.03 Å². The molecule has 5 heteroatoms. The highest BCUT2D eigenvalue weighted by atomic mass is 16.2. The summed E-state index contributed by atoms with van der Waals surface area (Å²) in [4.78, 5) is 21.1. The van der Waals surface area contributed by atoms with Crippen molar-refractivity contribution in [3.8, 4) is 0 Å². The number of primary amides is 1. The Balaban J connectivity index is 3.77. The summed E-state index contributed by atoms with van der Waals surface area (Å²) in [6.07, 6.45) is 0.126. The Morgan fingerprint density at radius 1 is 1.42 bits per heavy atom. The van der Waals surface area contributed by atoms with Crippen LogP contribution in [0.3, 0.4) is 0 Å². The Hall–Kier alpha value is -1.10. The molecule has 0 aliphatic heterocycles. The van der Waals surface area contributed by atoms with E-state index in [0.29, 0.717) is 0 Å². The molecule has 0 saturated heterocycles. The molecule has 0 rings (SSSR count). The topological polar surface area (TPSA) is 98.2 Å². The first-order chi connectivity index (χ1) is 5.43. The summed E-state index contributed by atoms with van der Waals surface area (Å²) in [5.74, 6) is -0.215. The zero-order chi connectivity index (χ0) is 9.72. The third kappa shape index (κ3) is 4.68. The Kier molecular flexibility index (Phi) is 4.28. The molecule has 1 unspecified atom stereocenters. The molecule has 0 aromatic heterocycles. The second-order valence-corrected chi connectivity index (χ2v) is 3.02. The van der Waals surface area contributed by atoms with Crippen molar-refractivity contribution >= 4 is 11.9 Å². The van der Waals surface area contributed by atoms with Crippen LogP contribution in [-0.2, 0) is 4.79 Å². The molecule has 5 N–H and O–H groups in total. The Bertz CT molecular complexity index is 179. The summed E-state index contributed by atoms with van der Waals surface area (Å²) in [5.41, 5.74) is 10.3. The van der Waals surface area contributed by atoms with Crippen molar-refractivity contribution in [3.63, 3.8) is 0 Å². The van der Waals surface area contributed by atoms with Crippen molar-refractivity contribution in [1.29, 1.82) is 0 Å². The predicted octanol–water partition coefficient (Wildman–Crippen LogP) is -0.445. The Morgan fingerprint density at radius 3 is 2.25 bits per heavy atom. The number of carbonyl (C=O) groups excluding carboxylic acids is 2. The molecule has 0 aromatic rings. The summed E-state index contributed by atoms with van der Waals surface area (Å²) < 4.78 is 0. The van der Waals surface area contributed by atoms with E-state index in [2.05, 4.69) is 0 Å². The second kappa shape index (κ2) is 4.71. The van der Waals surface area contributed by atoms with Crippen LogP contribution < -0.4 is 16.8 Å². The molecule has 3 amide bonds. The fourth-order valence-corrected chi connectivity index (χ4v) is 0.638. The normalized spacial score (nSPS) is 12.7. The number of imide groups is 1. The molecular weight excluding hydrogens is 158 g/mol. The minimum absolute atomic E-state index is 0.126. The fourth-order valence-electron chi connectivity index (χ4n) is 0.638. The van der Waals surface area contributed by atoms with E-state index in [4.69, 9.17) is 11.5 Å². The Labute approximate surface area is 71.5 Å². The molecule has 0 heterocycles. The molecule has 1 atom stereocenters. The fraction of sp³-hybridized carbons (Fsp3) is 0.714. The molecule has 0 aromatic carbocycles. The molecule has 5 nitrogen and oxygen atoms in total. The maximum absolute atomic E-state index is 10.9. The number of carbonyl (C=O) groups is 2. The van der Waals surface area contributed by atoms with E-state index < -0.39 is 11.9 Å². The molecule has 12 heavy (non-hydrogen) atoms. The van der Waals surface area contributed by atoms with Crippen molar-refractivity contribution in [2.45, 2.75) is 26.3 Å². The Morgan fingerprint density at radius 2 is 1.92 bits per heavy atom. The standard InChI is InChI=1S/C7H15N3O2/c1-4(2)5(8)3-6(11)10-7(9)12/h4-5H,3,8H2,1-2H3,(H3,9,10,11,12). The average molecular weight is 173 g/mol. The van der Waals surface area contributed by atoms with E-state index in [0.717, 1.165) is 0 Å². The van der Waals surface area contributed by atoms with E-state index in [9.17, 15) is 9.59 Å². The number of hydrogen-bond donors (Lipinski definition) is 3. The lowest BCUT2D eigenvalue weighted by Crippen LogP contribution is -2.39. The van der Waals surface area contributed by atoms with E-state index >= 15 is 0 Å². The van der Waals surface area contributed by atoms with Gasteiger partial charge in [-0.25, -0.2) is 4.79 Å². The highest BCUT2D eigenvalue weighted by molar-refractivity contribution is 5.93. The van der Waals surface area contributed by atoms with Crippen LogP contribution in [0.5, 0.6) is 0 Å². The molecule has 0 spiro atoms. The van der Waals surface area contributed by atoms with Crippen LogP contribution >= 0.6 is 0 Å². The number of rotatable bonds is 3. The molecule has 0 aliphatic rings. The van der Waals surface area contributed by atoms with Crippen LogP contribution in [0.25, 0.3) is 0 Å². The van der Waals surface area contributed by atoms with Crippen LogP contribution in [0.1, 0.15) is 20.3 Å². The lowest BCUT2D eigenvalue weighted by atomic mass is 10.0. The molecule has 0 radical (unpaired) electrons.